The monoisotopic (exact) mass is 396 g/mol. The molecule has 0 radical (unpaired) electrons. The number of carbonyl (C=O) groups is 1. The van der Waals surface area contributed by atoms with Gasteiger partial charge in [0.1, 0.15) is 0 Å². The maximum absolute atomic E-state index is 12.6. The summed E-state index contributed by atoms with van der Waals surface area (Å²) in [5.74, 6) is 0.0716. The summed E-state index contributed by atoms with van der Waals surface area (Å²) in [6.07, 6.45) is 5.57. The minimum atomic E-state index is -0.131. The molecule has 3 aromatic rings. The summed E-state index contributed by atoms with van der Waals surface area (Å²) < 4.78 is 1.89. The Balaban J connectivity index is 0.00000225. The van der Waals surface area contributed by atoms with Crippen molar-refractivity contribution < 1.29 is 4.79 Å². The molecular formula is C22H25ClN4O. The molecule has 0 spiro atoms. The van der Waals surface area contributed by atoms with Crippen molar-refractivity contribution in [3.05, 3.63) is 89.7 Å². The van der Waals surface area contributed by atoms with Crippen LogP contribution in [0.1, 0.15) is 35.6 Å². The molecule has 28 heavy (non-hydrogen) atoms. The molecule has 2 N–H and O–H groups in total. The zero-order valence-electron chi connectivity index (χ0n) is 15.6. The molecule has 1 fully saturated rings. The molecule has 2 heterocycles. The molecule has 5 nitrogen and oxygen atoms in total. The number of rotatable bonds is 6. The largest absolute Gasteiger partial charge is 0.351 e. The molecule has 6 heteroatoms. The van der Waals surface area contributed by atoms with Gasteiger partial charge in [-0.05, 0) is 35.6 Å². The number of halogens is 1. The summed E-state index contributed by atoms with van der Waals surface area (Å²) in [4.78, 5) is 12.6. The molecule has 0 unspecified atom stereocenters. The smallest absolute Gasteiger partial charge is 0.237 e. The molecule has 0 saturated carbocycles. The van der Waals surface area contributed by atoms with Crippen LogP contribution in [-0.2, 0) is 17.9 Å². The van der Waals surface area contributed by atoms with Gasteiger partial charge in [0.25, 0.3) is 0 Å². The van der Waals surface area contributed by atoms with Crippen molar-refractivity contribution in [1.29, 1.82) is 0 Å². The van der Waals surface area contributed by atoms with Crippen molar-refractivity contribution >= 4 is 18.3 Å². The average Bonchev–Trinajstić information content (AvgIpc) is 3.40. The lowest BCUT2D eigenvalue weighted by Gasteiger charge is -2.16. The third-order valence-corrected chi connectivity index (χ3v) is 5.13. The number of amides is 1. The molecule has 1 aromatic heterocycles. The predicted molar refractivity (Wildman–Crippen MR) is 112 cm³/mol. The van der Waals surface area contributed by atoms with Crippen LogP contribution < -0.4 is 10.6 Å². The SMILES string of the molecule is Cl.O=C(NCc1ccccc1Cn1cccn1)[C@H]1CC[C@H](c2ccccc2)N1. The highest BCUT2D eigenvalue weighted by Crippen LogP contribution is 2.26. The molecule has 2 atom stereocenters. The van der Waals surface area contributed by atoms with E-state index in [1.165, 1.54) is 11.1 Å². The number of carbonyl (C=O) groups excluding carboxylic acids is 1. The van der Waals surface area contributed by atoms with Crippen LogP contribution in [0.4, 0.5) is 0 Å². The molecule has 1 aliphatic heterocycles. The highest BCUT2D eigenvalue weighted by atomic mass is 35.5. The predicted octanol–water partition coefficient (Wildman–Crippen LogP) is 3.46. The second-order valence-corrected chi connectivity index (χ2v) is 6.95. The summed E-state index contributed by atoms with van der Waals surface area (Å²) in [6, 6.07) is 20.6. The quantitative estimate of drug-likeness (QED) is 0.670. The first-order valence-electron chi connectivity index (χ1n) is 9.42. The van der Waals surface area contributed by atoms with Gasteiger partial charge in [0.15, 0.2) is 0 Å². The van der Waals surface area contributed by atoms with Crippen molar-refractivity contribution in [2.45, 2.75) is 38.0 Å². The number of nitrogens with zero attached hydrogens (tertiary/aromatic N) is 2. The maximum atomic E-state index is 12.6. The van der Waals surface area contributed by atoms with Crippen LogP contribution in [0.15, 0.2) is 73.1 Å². The zero-order valence-corrected chi connectivity index (χ0v) is 16.4. The van der Waals surface area contributed by atoms with Gasteiger partial charge in [-0.3, -0.25) is 14.8 Å². The summed E-state index contributed by atoms with van der Waals surface area (Å²) in [5, 5.41) is 10.8. The topological polar surface area (TPSA) is 59.0 Å². The standard InChI is InChI=1S/C22H24N4O.ClH/c27-22(21-12-11-20(25-21)17-7-2-1-3-8-17)23-15-18-9-4-5-10-19(18)16-26-14-6-13-24-26;/h1-10,13-14,20-21,25H,11-12,15-16H2,(H,23,27);1H/t20-,21-;/m1./s1. The summed E-state index contributed by atoms with van der Waals surface area (Å²) in [5.41, 5.74) is 3.54. The molecule has 0 aliphatic carbocycles. The lowest BCUT2D eigenvalue weighted by molar-refractivity contribution is -0.123. The van der Waals surface area contributed by atoms with Crippen molar-refractivity contribution in [2.24, 2.45) is 0 Å². The fourth-order valence-electron chi connectivity index (χ4n) is 3.66. The Morgan fingerprint density at radius 2 is 1.79 bits per heavy atom. The van der Waals surface area contributed by atoms with Crippen molar-refractivity contribution in [3.63, 3.8) is 0 Å². The molecule has 1 saturated heterocycles. The zero-order chi connectivity index (χ0) is 18.5. The van der Waals surface area contributed by atoms with E-state index in [1.54, 1.807) is 6.20 Å². The first-order valence-corrected chi connectivity index (χ1v) is 9.42. The van der Waals surface area contributed by atoms with E-state index in [0.717, 1.165) is 18.4 Å². The Morgan fingerprint density at radius 1 is 1.04 bits per heavy atom. The molecule has 0 bridgehead atoms. The summed E-state index contributed by atoms with van der Waals surface area (Å²) in [6.45, 7) is 1.24. The third-order valence-electron chi connectivity index (χ3n) is 5.13. The Hall–Kier alpha value is -2.63. The number of hydrogen-bond donors (Lipinski definition) is 2. The summed E-state index contributed by atoms with van der Waals surface area (Å²) in [7, 11) is 0. The van der Waals surface area contributed by atoms with E-state index < -0.39 is 0 Å². The highest BCUT2D eigenvalue weighted by Gasteiger charge is 2.29. The second-order valence-electron chi connectivity index (χ2n) is 6.95. The first-order chi connectivity index (χ1) is 13.3. The Morgan fingerprint density at radius 3 is 2.54 bits per heavy atom. The van der Waals surface area contributed by atoms with Crippen molar-refractivity contribution in [3.8, 4) is 0 Å². The molecule has 1 aliphatic rings. The van der Waals surface area contributed by atoms with E-state index in [2.05, 4.69) is 40.0 Å². The van der Waals surface area contributed by atoms with Gasteiger partial charge in [0.05, 0.1) is 12.6 Å². The van der Waals surface area contributed by atoms with Gasteiger partial charge in [0, 0.05) is 25.0 Å². The number of nitrogens with one attached hydrogen (secondary N) is 2. The molecular weight excluding hydrogens is 372 g/mol. The van der Waals surface area contributed by atoms with Crippen LogP contribution in [0, 0.1) is 0 Å². The van der Waals surface area contributed by atoms with E-state index in [9.17, 15) is 4.79 Å². The minimum absolute atomic E-state index is 0. The van der Waals surface area contributed by atoms with Gasteiger partial charge >= 0.3 is 0 Å². The van der Waals surface area contributed by atoms with Crippen LogP contribution in [-0.4, -0.2) is 21.7 Å². The first kappa shape index (κ1) is 20.1. The average molecular weight is 397 g/mol. The van der Waals surface area contributed by atoms with Crippen molar-refractivity contribution in [2.75, 3.05) is 0 Å². The molecule has 4 rings (SSSR count). The number of benzene rings is 2. The Kier molecular flexibility index (Phi) is 6.85. The highest BCUT2D eigenvalue weighted by molar-refractivity contribution is 5.85. The van der Waals surface area contributed by atoms with Crippen LogP contribution in [0.3, 0.4) is 0 Å². The van der Waals surface area contributed by atoms with Crippen molar-refractivity contribution in [1.82, 2.24) is 20.4 Å². The van der Waals surface area contributed by atoms with E-state index in [1.807, 2.05) is 47.3 Å². The van der Waals surface area contributed by atoms with Crippen LogP contribution in [0.2, 0.25) is 0 Å². The van der Waals surface area contributed by atoms with Gasteiger partial charge < -0.3 is 5.32 Å². The summed E-state index contributed by atoms with van der Waals surface area (Å²) >= 11 is 0. The lowest BCUT2D eigenvalue weighted by Crippen LogP contribution is -2.40. The van der Waals surface area contributed by atoms with E-state index in [-0.39, 0.29) is 30.4 Å². The normalized spacial score (nSPS) is 18.4. The number of hydrogen-bond acceptors (Lipinski definition) is 3. The fraction of sp³-hybridized carbons (Fsp3) is 0.273. The van der Waals surface area contributed by atoms with E-state index in [0.29, 0.717) is 13.1 Å². The van der Waals surface area contributed by atoms with Crippen LogP contribution >= 0.6 is 12.4 Å². The van der Waals surface area contributed by atoms with E-state index in [4.69, 9.17) is 0 Å². The van der Waals surface area contributed by atoms with Gasteiger partial charge in [-0.15, -0.1) is 12.4 Å². The Labute approximate surface area is 171 Å². The minimum Gasteiger partial charge on any atom is -0.351 e. The maximum Gasteiger partial charge on any atom is 0.237 e. The van der Waals surface area contributed by atoms with Crippen LogP contribution in [0.5, 0.6) is 0 Å². The molecule has 146 valence electrons. The van der Waals surface area contributed by atoms with E-state index >= 15 is 0 Å². The molecule has 1 amide bonds. The second kappa shape index (κ2) is 9.53. The number of aromatic nitrogens is 2. The lowest BCUT2D eigenvalue weighted by atomic mass is 10.1. The molecule has 2 aromatic carbocycles. The van der Waals surface area contributed by atoms with Crippen LogP contribution in [0.25, 0.3) is 0 Å². The third kappa shape index (κ3) is 4.80. The Bertz CT molecular complexity index is 883. The van der Waals surface area contributed by atoms with Gasteiger partial charge in [-0.1, -0.05) is 54.6 Å². The van der Waals surface area contributed by atoms with Gasteiger partial charge in [-0.25, -0.2) is 0 Å². The van der Waals surface area contributed by atoms with Gasteiger partial charge in [0.2, 0.25) is 5.91 Å². The van der Waals surface area contributed by atoms with Gasteiger partial charge in [-0.2, -0.15) is 5.10 Å². The fourth-order valence-corrected chi connectivity index (χ4v) is 3.66.